The lowest BCUT2D eigenvalue weighted by atomic mass is 9.97. The van der Waals surface area contributed by atoms with Crippen LogP contribution in [0.25, 0.3) is 0 Å². The summed E-state index contributed by atoms with van der Waals surface area (Å²) in [5.41, 5.74) is 0. The predicted octanol–water partition coefficient (Wildman–Crippen LogP) is 1.73. The molecular formula is C21H41N5O. The van der Waals surface area contributed by atoms with Crippen LogP contribution in [0.15, 0.2) is 4.99 Å². The molecule has 0 aromatic carbocycles. The monoisotopic (exact) mass is 379 g/mol. The first-order valence-electron chi connectivity index (χ1n) is 11.2. The Labute approximate surface area is 166 Å². The van der Waals surface area contributed by atoms with Crippen LogP contribution in [0.1, 0.15) is 38.5 Å². The Morgan fingerprint density at radius 1 is 0.963 bits per heavy atom. The molecule has 3 rings (SSSR count). The molecule has 1 atom stereocenters. The molecule has 0 aliphatic carbocycles. The molecule has 3 aliphatic rings. The summed E-state index contributed by atoms with van der Waals surface area (Å²) in [6.45, 7) is 11.6. The third-order valence-corrected chi connectivity index (χ3v) is 6.63. The minimum atomic E-state index is 0.771. The topological polar surface area (TPSA) is 43.3 Å². The molecule has 0 saturated carbocycles. The van der Waals surface area contributed by atoms with Crippen LogP contribution >= 0.6 is 0 Å². The molecule has 1 unspecified atom stereocenters. The number of guanidine groups is 1. The Balaban J connectivity index is 1.35. The molecule has 6 nitrogen and oxygen atoms in total. The molecule has 0 aromatic heterocycles. The summed E-state index contributed by atoms with van der Waals surface area (Å²) in [6, 6.07) is 0. The van der Waals surface area contributed by atoms with E-state index < -0.39 is 0 Å². The van der Waals surface area contributed by atoms with Gasteiger partial charge in [-0.25, -0.2) is 0 Å². The SMILES string of the molecule is CN=C(NCC1CCN(CCOC)CC1)N1CCC(CN2CCCCC2)C1. The first-order chi connectivity index (χ1) is 13.3. The van der Waals surface area contributed by atoms with Gasteiger partial charge in [0.15, 0.2) is 5.96 Å². The number of aliphatic imine (C=N–C) groups is 1. The number of nitrogens with one attached hydrogen (secondary N) is 1. The Morgan fingerprint density at radius 2 is 1.70 bits per heavy atom. The number of nitrogens with zero attached hydrogens (tertiary/aromatic N) is 4. The predicted molar refractivity (Wildman–Crippen MR) is 112 cm³/mol. The Morgan fingerprint density at radius 3 is 2.41 bits per heavy atom. The van der Waals surface area contributed by atoms with Crippen LogP contribution in [0.3, 0.4) is 0 Å². The minimum Gasteiger partial charge on any atom is -0.383 e. The molecule has 0 amide bonds. The van der Waals surface area contributed by atoms with Gasteiger partial charge >= 0.3 is 0 Å². The van der Waals surface area contributed by atoms with E-state index in [1.54, 1.807) is 7.11 Å². The zero-order valence-electron chi connectivity index (χ0n) is 17.7. The van der Waals surface area contributed by atoms with Crippen molar-refractivity contribution < 1.29 is 4.74 Å². The van der Waals surface area contributed by atoms with Gasteiger partial charge in [-0.1, -0.05) is 6.42 Å². The van der Waals surface area contributed by atoms with Crippen molar-refractivity contribution in [2.24, 2.45) is 16.8 Å². The lowest BCUT2D eigenvalue weighted by Crippen LogP contribution is -2.45. The number of hydrogen-bond acceptors (Lipinski definition) is 4. The zero-order chi connectivity index (χ0) is 18.9. The molecule has 6 heteroatoms. The number of ether oxygens (including phenoxy) is 1. The second-order valence-electron chi connectivity index (χ2n) is 8.67. The molecule has 0 aromatic rings. The highest BCUT2D eigenvalue weighted by Gasteiger charge is 2.27. The van der Waals surface area contributed by atoms with E-state index in [4.69, 9.17) is 4.74 Å². The van der Waals surface area contributed by atoms with E-state index in [1.807, 2.05) is 7.05 Å². The van der Waals surface area contributed by atoms with Gasteiger partial charge in [-0.3, -0.25) is 4.99 Å². The van der Waals surface area contributed by atoms with E-state index in [0.717, 1.165) is 44.0 Å². The Kier molecular flexibility index (Phi) is 8.68. The van der Waals surface area contributed by atoms with Crippen molar-refractivity contribution in [3.63, 3.8) is 0 Å². The summed E-state index contributed by atoms with van der Waals surface area (Å²) >= 11 is 0. The van der Waals surface area contributed by atoms with Crippen molar-refractivity contribution in [3.05, 3.63) is 0 Å². The lowest BCUT2D eigenvalue weighted by Gasteiger charge is -2.32. The van der Waals surface area contributed by atoms with Crippen LogP contribution in [0.2, 0.25) is 0 Å². The van der Waals surface area contributed by atoms with Crippen LogP contribution in [-0.4, -0.2) is 100 Å². The molecular weight excluding hydrogens is 338 g/mol. The van der Waals surface area contributed by atoms with Crippen LogP contribution in [0.5, 0.6) is 0 Å². The third-order valence-electron chi connectivity index (χ3n) is 6.63. The van der Waals surface area contributed by atoms with E-state index in [2.05, 4.69) is 25.0 Å². The summed E-state index contributed by atoms with van der Waals surface area (Å²) in [6.07, 6.45) is 8.09. The lowest BCUT2D eigenvalue weighted by molar-refractivity contribution is 0.120. The van der Waals surface area contributed by atoms with Gasteiger partial charge in [0, 0.05) is 46.9 Å². The molecule has 156 valence electrons. The van der Waals surface area contributed by atoms with Gasteiger partial charge in [-0.05, 0) is 70.1 Å². The first-order valence-corrected chi connectivity index (χ1v) is 11.2. The largest absolute Gasteiger partial charge is 0.383 e. The van der Waals surface area contributed by atoms with Gasteiger partial charge in [0.05, 0.1) is 6.61 Å². The van der Waals surface area contributed by atoms with E-state index in [-0.39, 0.29) is 0 Å². The summed E-state index contributed by atoms with van der Waals surface area (Å²) < 4.78 is 5.20. The average Bonchev–Trinajstić information content (AvgIpc) is 3.17. The fraction of sp³-hybridized carbons (Fsp3) is 0.952. The normalized spacial score (nSPS) is 26.7. The van der Waals surface area contributed by atoms with Crippen molar-refractivity contribution in [1.82, 2.24) is 20.0 Å². The van der Waals surface area contributed by atoms with Gasteiger partial charge in [0.2, 0.25) is 0 Å². The summed E-state index contributed by atoms with van der Waals surface area (Å²) in [4.78, 5) is 12.3. The standard InChI is InChI=1S/C21H41N5O/c1-22-21(23-16-19-6-11-24(12-7-19)14-15-27-2)26-13-8-20(18-26)17-25-9-4-3-5-10-25/h19-20H,3-18H2,1-2H3,(H,22,23). The van der Waals surface area contributed by atoms with E-state index in [1.165, 1.54) is 77.8 Å². The average molecular weight is 380 g/mol. The summed E-state index contributed by atoms with van der Waals surface area (Å²) in [7, 11) is 3.73. The number of hydrogen-bond donors (Lipinski definition) is 1. The van der Waals surface area contributed by atoms with Crippen molar-refractivity contribution >= 4 is 5.96 Å². The van der Waals surface area contributed by atoms with Crippen molar-refractivity contribution in [2.45, 2.75) is 38.5 Å². The van der Waals surface area contributed by atoms with Gasteiger partial charge in [-0.15, -0.1) is 0 Å². The maximum absolute atomic E-state index is 5.20. The molecule has 3 saturated heterocycles. The van der Waals surface area contributed by atoms with E-state index in [9.17, 15) is 0 Å². The summed E-state index contributed by atoms with van der Waals surface area (Å²) in [5.74, 6) is 2.70. The van der Waals surface area contributed by atoms with Gasteiger partial charge in [0.1, 0.15) is 0 Å². The second kappa shape index (κ2) is 11.2. The smallest absolute Gasteiger partial charge is 0.193 e. The molecule has 0 spiro atoms. The molecule has 1 N–H and O–H groups in total. The fourth-order valence-corrected chi connectivity index (χ4v) is 4.88. The number of methoxy groups -OCH3 is 1. The van der Waals surface area contributed by atoms with Crippen LogP contribution in [0, 0.1) is 11.8 Å². The van der Waals surface area contributed by atoms with E-state index in [0.29, 0.717) is 0 Å². The number of piperidine rings is 2. The molecule has 27 heavy (non-hydrogen) atoms. The van der Waals surface area contributed by atoms with Gasteiger partial charge in [-0.2, -0.15) is 0 Å². The van der Waals surface area contributed by atoms with Crippen LogP contribution in [-0.2, 0) is 4.74 Å². The molecule has 0 bridgehead atoms. The van der Waals surface area contributed by atoms with Crippen molar-refractivity contribution in [1.29, 1.82) is 0 Å². The maximum Gasteiger partial charge on any atom is 0.193 e. The fourth-order valence-electron chi connectivity index (χ4n) is 4.88. The number of likely N-dealkylation sites (tertiary alicyclic amines) is 3. The third kappa shape index (κ3) is 6.61. The molecule has 3 aliphatic heterocycles. The molecule has 3 heterocycles. The van der Waals surface area contributed by atoms with Crippen molar-refractivity contribution in [3.8, 4) is 0 Å². The molecule has 0 radical (unpaired) electrons. The van der Waals surface area contributed by atoms with Crippen molar-refractivity contribution in [2.75, 3.05) is 79.7 Å². The minimum absolute atomic E-state index is 0.771. The Hall–Kier alpha value is -0.850. The quantitative estimate of drug-likeness (QED) is 0.539. The van der Waals surface area contributed by atoms with Gasteiger partial charge in [0.25, 0.3) is 0 Å². The second-order valence-corrected chi connectivity index (χ2v) is 8.67. The molecule has 3 fully saturated rings. The Bertz CT molecular complexity index is 444. The highest BCUT2D eigenvalue weighted by Crippen LogP contribution is 2.20. The highest BCUT2D eigenvalue weighted by atomic mass is 16.5. The zero-order valence-corrected chi connectivity index (χ0v) is 17.7. The highest BCUT2D eigenvalue weighted by molar-refractivity contribution is 5.80. The number of rotatable bonds is 7. The maximum atomic E-state index is 5.20. The van der Waals surface area contributed by atoms with Crippen LogP contribution in [0.4, 0.5) is 0 Å². The van der Waals surface area contributed by atoms with Crippen LogP contribution < -0.4 is 5.32 Å². The van der Waals surface area contributed by atoms with E-state index >= 15 is 0 Å². The van der Waals surface area contributed by atoms with Gasteiger partial charge < -0.3 is 24.8 Å². The summed E-state index contributed by atoms with van der Waals surface area (Å²) in [5, 5.41) is 3.68. The first kappa shape index (κ1) is 20.9.